The zero-order valence-corrected chi connectivity index (χ0v) is 12.1. The average molecular weight is 305 g/mol. The van der Waals surface area contributed by atoms with Crippen LogP contribution in [0.2, 0.25) is 0 Å². The van der Waals surface area contributed by atoms with Crippen LogP contribution in [0.15, 0.2) is 47.4 Å². The first-order valence-corrected chi connectivity index (χ1v) is 7.62. The van der Waals surface area contributed by atoms with Gasteiger partial charge in [0.05, 0.1) is 4.90 Å². The molecule has 2 rings (SSSR count). The van der Waals surface area contributed by atoms with Gasteiger partial charge in [-0.15, -0.1) is 0 Å². The molecule has 0 unspecified atom stereocenters. The average Bonchev–Trinajstić information content (AvgIpc) is 2.38. The molecule has 0 saturated heterocycles. The fourth-order valence-electron chi connectivity index (χ4n) is 1.87. The van der Waals surface area contributed by atoms with Crippen molar-refractivity contribution in [3.8, 4) is 0 Å². The second-order valence-corrected chi connectivity index (χ2v) is 6.16. The highest BCUT2D eigenvalue weighted by Gasteiger charge is 2.11. The van der Waals surface area contributed by atoms with Crippen LogP contribution in [0.1, 0.15) is 15.9 Å². The number of carbonyl (C=O) groups is 1. The van der Waals surface area contributed by atoms with E-state index >= 15 is 0 Å². The molecule has 0 bridgehead atoms. The second kappa shape index (κ2) is 5.55. The van der Waals surface area contributed by atoms with Crippen LogP contribution in [-0.2, 0) is 10.0 Å². The van der Waals surface area contributed by atoms with E-state index in [0.717, 1.165) is 5.56 Å². The molecule has 6 nitrogen and oxygen atoms in total. The van der Waals surface area contributed by atoms with Gasteiger partial charge < -0.3 is 11.1 Å². The molecule has 21 heavy (non-hydrogen) atoms. The summed E-state index contributed by atoms with van der Waals surface area (Å²) in [5.74, 6) is -0.296. The van der Waals surface area contributed by atoms with E-state index in [2.05, 4.69) is 5.32 Å². The van der Waals surface area contributed by atoms with Gasteiger partial charge in [0.15, 0.2) is 0 Å². The molecule has 0 aliphatic carbocycles. The monoisotopic (exact) mass is 305 g/mol. The fourth-order valence-corrected chi connectivity index (χ4v) is 2.38. The number of carbonyl (C=O) groups excluding carboxylic acids is 1. The van der Waals surface area contributed by atoms with Gasteiger partial charge in [0, 0.05) is 16.9 Å². The Morgan fingerprint density at radius 1 is 1.10 bits per heavy atom. The van der Waals surface area contributed by atoms with Crippen LogP contribution < -0.4 is 16.2 Å². The zero-order chi connectivity index (χ0) is 15.6. The normalized spacial score (nSPS) is 11.1. The van der Waals surface area contributed by atoms with Crippen molar-refractivity contribution in [2.45, 2.75) is 11.8 Å². The van der Waals surface area contributed by atoms with Crippen molar-refractivity contribution in [3.05, 3.63) is 53.6 Å². The lowest BCUT2D eigenvalue weighted by Gasteiger charge is -2.08. The van der Waals surface area contributed by atoms with Gasteiger partial charge in [0.1, 0.15) is 0 Å². The molecule has 2 aromatic rings. The third-order valence-corrected chi connectivity index (χ3v) is 3.87. The molecular formula is C14H15N3O3S. The topological polar surface area (TPSA) is 115 Å². The van der Waals surface area contributed by atoms with Crippen LogP contribution in [0.5, 0.6) is 0 Å². The molecule has 0 heterocycles. The maximum atomic E-state index is 12.1. The summed E-state index contributed by atoms with van der Waals surface area (Å²) in [6.07, 6.45) is 0. The Morgan fingerprint density at radius 3 is 2.24 bits per heavy atom. The third-order valence-electron chi connectivity index (χ3n) is 2.94. The Morgan fingerprint density at radius 2 is 1.71 bits per heavy atom. The van der Waals surface area contributed by atoms with Crippen LogP contribution in [-0.4, -0.2) is 14.3 Å². The molecule has 1 amide bonds. The van der Waals surface area contributed by atoms with Crippen molar-refractivity contribution < 1.29 is 13.2 Å². The first kappa shape index (κ1) is 15.0. The number of hydrogen-bond donors (Lipinski definition) is 3. The minimum Gasteiger partial charge on any atom is -0.399 e. The molecule has 0 aliphatic heterocycles. The molecule has 0 spiro atoms. The van der Waals surface area contributed by atoms with E-state index in [1.165, 1.54) is 24.3 Å². The molecule has 2 aromatic carbocycles. The van der Waals surface area contributed by atoms with Gasteiger partial charge >= 0.3 is 0 Å². The summed E-state index contributed by atoms with van der Waals surface area (Å²) in [6.45, 7) is 1.79. The van der Waals surface area contributed by atoms with Crippen molar-refractivity contribution in [2.24, 2.45) is 5.14 Å². The molecule has 0 radical (unpaired) electrons. The Balaban J connectivity index is 2.20. The van der Waals surface area contributed by atoms with Crippen LogP contribution in [0.4, 0.5) is 11.4 Å². The number of benzene rings is 2. The summed E-state index contributed by atoms with van der Waals surface area (Å²) in [7, 11) is -3.74. The standard InChI is InChI=1S/C14H15N3O3S/c1-9-8-10(15)2-7-13(9)14(18)17-11-3-5-12(6-4-11)21(16,19)20/h2-8H,15H2,1H3,(H,17,18)(H2,16,19,20). The smallest absolute Gasteiger partial charge is 0.255 e. The highest BCUT2D eigenvalue weighted by molar-refractivity contribution is 7.89. The van der Waals surface area contributed by atoms with E-state index in [0.29, 0.717) is 16.9 Å². The molecule has 0 aliphatic rings. The second-order valence-electron chi connectivity index (χ2n) is 4.60. The lowest BCUT2D eigenvalue weighted by Crippen LogP contribution is -2.14. The maximum Gasteiger partial charge on any atom is 0.255 e. The van der Waals surface area contributed by atoms with Gasteiger partial charge in [0.2, 0.25) is 10.0 Å². The molecule has 0 fully saturated rings. The molecule has 0 aromatic heterocycles. The van der Waals surface area contributed by atoms with Crippen LogP contribution in [0.25, 0.3) is 0 Å². The van der Waals surface area contributed by atoms with E-state index in [1.54, 1.807) is 25.1 Å². The summed E-state index contributed by atoms with van der Waals surface area (Å²) in [6, 6.07) is 10.6. The predicted octanol–water partition coefficient (Wildman–Crippen LogP) is 1.48. The summed E-state index contributed by atoms with van der Waals surface area (Å²) >= 11 is 0. The van der Waals surface area contributed by atoms with Gasteiger partial charge in [0.25, 0.3) is 5.91 Å². The van der Waals surface area contributed by atoms with Crippen molar-refractivity contribution in [3.63, 3.8) is 0 Å². The number of aryl methyl sites for hydroxylation is 1. The number of nitrogens with two attached hydrogens (primary N) is 2. The quantitative estimate of drug-likeness (QED) is 0.745. The number of anilines is 2. The molecule has 5 N–H and O–H groups in total. The Hall–Kier alpha value is -2.38. The van der Waals surface area contributed by atoms with E-state index in [4.69, 9.17) is 10.9 Å². The lowest BCUT2D eigenvalue weighted by atomic mass is 10.1. The van der Waals surface area contributed by atoms with Gasteiger partial charge in [-0.1, -0.05) is 0 Å². The first-order chi connectivity index (χ1) is 9.77. The van der Waals surface area contributed by atoms with E-state index in [1.807, 2.05) is 0 Å². The van der Waals surface area contributed by atoms with Gasteiger partial charge in [-0.2, -0.15) is 0 Å². The molecule has 0 saturated carbocycles. The largest absolute Gasteiger partial charge is 0.399 e. The molecular weight excluding hydrogens is 290 g/mol. The molecule has 110 valence electrons. The van der Waals surface area contributed by atoms with E-state index in [9.17, 15) is 13.2 Å². The number of nitrogens with one attached hydrogen (secondary N) is 1. The van der Waals surface area contributed by atoms with Crippen molar-refractivity contribution in [2.75, 3.05) is 11.1 Å². The zero-order valence-electron chi connectivity index (χ0n) is 11.3. The summed E-state index contributed by atoms with van der Waals surface area (Å²) < 4.78 is 22.3. The highest BCUT2D eigenvalue weighted by Crippen LogP contribution is 2.16. The van der Waals surface area contributed by atoms with Gasteiger partial charge in [-0.05, 0) is 55.0 Å². The van der Waals surface area contributed by atoms with Gasteiger partial charge in [-0.3, -0.25) is 4.79 Å². The van der Waals surface area contributed by atoms with Crippen molar-refractivity contribution >= 4 is 27.3 Å². The number of hydrogen-bond acceptors (Lipinski definition) is 4. The molecule has 0 atom stereocenters. The number of primary sulfonamides is 1. The van der Waals surface area contributed by atoms with Crippen LogP contribution >= 0.6 is 0 Å². The lowest BCUT2D eigenvalue weighted by molar-refractivity contribution is 0.102. The van der Waals surface area contributed by atoms with Crippen molar-refractivity contribution in [1.82, 2.24) is 0 Å². The number of sulfonamides is 1. The number of rotatable bonds is 3. The Bertz CT molecular complexity index is 784. The maximum absolute atomic E-state index is 12.1. The first-order valence-electron chi connectivity index (χ1n) is 6.08. The fraction of sp³-hybridized carbons (Fsp3) is 0.0714. The predicted molar refractivity (Wildman–Crippen MR) is 81.4 cm³/mol. The Kier molecular flexibility index (Phi) is 3.97. The minimum absolute atomic E-state index is 0.0100. The molecule has 7 heteroatoms. The summed E-state index contributed by atoms with van der Waals surface area (Å²) in [5.41, 5.74) is 7.96. The van der Waals surface area contributed by atoms with E-state index in [-0.39, 0.29) is 10.8 Å². The summed E-state index contributed by atoms with van der Waals surface area (Å²) in [5, 5.41) is 7.69. The van der Waals surface area contributed by atoms with Gasteiger partial charge in [-0.25, -0.2) is 13.6 Å². The highest BCUT2D eigenvalue weighted by atomic mass is 32.2. The van der Waals surface area contributed by atoms with Crippen molar-refractivity contribution in [1.29, 1.82) is 0 Å². The number of nitrogen functional groups attached to an aromatic ring is 1. The summed E-state index contributed by atoms with van der Waals surface area (Å²) in [4.78, 5) is 12.1. The SMILES string of the molecule is Cc1cc(N)ccc1C(=O)Nc1ccc(S(N)(=O)=O)cc1. The number of amides is 1. The minimum atomic E-state index is -3.74. The van der Waals surface area contributed by atoms with Crippen LogP contribution in [0.3, 0.4) is 0 Å². The van der Waals surface area contributed by atoms with Crippen LogP contribution in [0, 0.1) is 6.92 Å². The Labute approximate surface area is 122 Å². The third kappa shape index (κ3) is 3.59. The van der Waals surface area contributed by atoms with E-state index < -0.39 is 10.0 Å².